The van der Waals surface area contributed by atoms with Crippen molar-refractivity contribution in [2.45, 2.75) is 38.6 Å². The van der Waals surface area contributed by atoms with Crippen molar-refractivity contribution >= 4 is 5.78 Å². The van der Waals surface area contributed by atoms with Crippen LogP contribution in [0.3, 0.4) is 0 Å². The number of Topliss-reactive ketones (excluding diaryl/α,β-unsaturated/α-hetero) is 1. The first-order chi connectivity index (χ1) is 6.18. The van der Waals surface area contributed by atoms with Gasteiger partial charge in [0.2, 0.25) is 0 Å². The van der Waals surface area contributed by atoms with Crippen LogP contribution < -0.4 is 5.73 Å². The van der Waals surface area contributed by atoms with Crippen molar-refractivity contribution in [1.82, 2.24) is 4.90 Å². The Morgan fingerprint density at radius 3 is 2.85 bits per heavy atom. The molecule has 1 aliphatic rings. The molecule has 1 unspecified atom stereocenters. The first-order valence-electron chi connectivity index (χ1n) is 5.16. The average molecular weight is 184 g/mol. The predicted octanol–water partition coefficient (Wildman–Crippen LogP) is 0.779. The van der Waals surface area contributed by atoms with Crippen molar-refractivity contribution in [2.24, 2.45) is 5.73 Å². The number of nitrogens with zero attached hydrogens (tertiary/aromatic N) is 1. The zero-order valence-corrected chi connectivity index (χ0v) is 8.46. The Hall–Kier alpha value is -0.410. The Bertz CT molecular complexity index is 170. The molecule has 13 heavy (non-hydrogen) atoms. The summed E-state index contributed by atoms with van der Waals surface area (Å²) in [6, 6.07) is 0.382. The van der Waals surface area contributed by atoms with E-state index in [1.54, 1.807) is 6.92 Å². The lowest BCUT2D eigenvalue weighted by Crippen LogP contribution is -2.27. The molecule has 2 N–H and O–H groups in total. The third kappa shape index (κ3) is 4.39. The Balaban J connectivity index is 1.97. The molecule has 0 aromatic carbocycles. The molecular weight excluding hydrogens is 164 g/mol. The van der Waals surface area contributed by atoms with Gasteiger partial charge in [0.1, 0.15) is 5.78 Å². The number of nitrogens with two attached hydrogens (primary N) is 1. The van der Waals surface area contributed by atoms with Crippen molar-refractivity contribution in [1.29, 1.82) is 0 Å². The molecule has 1 fully saturated rings. The van der Waals surface area contributed by atoms with Crippen LogP contribution in [0, 0.1) is 0 Å². The van der Waals surface area contributed by atoms with Crippen LogP contribution in [-0.4, -0.2) is 36.4 Å². The highest BCUT2D eigenvalue weighted by Gasteiger charge is 2.17. The maximum atomic E-state index is 10.7. The fraction of sp³-hybridized carbons (Fsp3) is 0.900. The van der Waals surface area contributed by atoms with Crippen LogP contribution in [0.4, 0.5) is 0 Å². The number of unbranched alkanes of at least 4 members (excludes halogenated alkanes) is 1. The summed E-state index contributed by atoms with van der Waals surface area (Å²) in [4.78, 5) is 13.1. The fourth-order valence-corrected chi connectivity index (χ4v) is 1.78. The van der Waals surface area contributed by atoms with E-state index in [1.165, 1.54) is 0 Å². The van der Waals surface area contributed by atoms with Gasteiger partial charge in [0.15, 0.2) is 0 Å². The van der Waals surface area contributed by atoms with Gasteiger partial charge in [0.05, 0.1) is 0 Å². The smallest absolute Gasteiger partial charge is 0.129 e. The molecule has 0 bridgehead atoms. The zero-order valence-electron chi connectivity index (χ0n) is 8.46. The standard InChI is InChI=1S/C10H20N2O/c1-9(13)4-2-3-6-12-7-5-10(11)8-12/h10H,2-8,11H2,1H3. The summed E-state index contributed by atoms with van der Waals surface area (Å²) in [5, 5.41) is 0. The Morgan fingerprint density at radius 2 is 2.31 bits per heavy atom. The van der Waals surface area contributed by atoms with Gasteiger partial charge in [0, 0.05) is 19.0 Å². The summed E-state index contributed by atoms with van der Waals surface area (Å²) in [6.07, 6.45) is 4.03. The second kappa shape index (κ2) is 5.35. The van der Waals surface area contributed by atoms with Gasteiger partial charge in [-0.3, -0.25) is 0 Å². The van der Waals surface area contributed by atoms with Gasteiger partial charge in [-0.05, 0) is 39.3 Å². The third-order valence-electron chi connectivity index (χ3n) is 2.56. The Morgan fingerprint density at radius 1 is 1.54 bits per heavy atom. The highest BCUT2D eigenvalue weighted by Crippen LogP contribution is 2.08. The Kier molecular flexibility index (Phi) is 4.39. The number of hydrogen-bond acceptors (Lipinski definition) is 3. The van der Waals surface area contributed by atoms with Crippen molar-refractivity contribution < 1.29 is 4.79 Å². The third-order valence-corrected chi connectivity index (χ3v) is 2.56. The van der Waals surface area contributed by atoms with Crippen molar-refractivity contribution in [3.05, 3.63) is 0 Å². The molecule has 1 rings (SSSR count). The van der Waals surface area contributed by atoms with Crippen LogP contribution in [-0.2, 0) is 4.79 Å². The van der Waals surface area contributed by atoms with Gasteiger partial charge < -0.3 is 15.4 Å². The Labute approximate surface area is 80.3 Å². The van der Waals surface area contributed by atoms with E-state index in [-0.39, 0.29) is 0 Å². The lowest BCUT2D eigenvalue weighted by Gasteiger charge is -2.14. The molecule has 1 aliphatic heterocycles. The molecular formula is C10H20N2O. The summed E-state index contributed by atoms with van der Waals surface area (Å²) in [6.45, 7) is 4.95. The maximum absolute atomic E-state index is 10.7. The molecule has 1 heterocycles. The molecule has 3 heteroatoms. The number of ketones is 1. The van der Waals surface area contributed by atoms with E-state index in [4.69, 9.17) is 5.73 Å². The molecule has 0 saturated carbocycles. The molecule has 3 nitrogen and oxygen atoms in total. The number of rotatable bonds is 5. The van der Waals surface area contributed by atoms with Gasteiger partial charge in [-0.1, -0.05) is 0 Å². The monoisotopic (exact) mass is 184 g/mol. The van der Waals surface area contributed by atoms with Crippen molar-refractivity contribution in [3.63, 3.8) is 0 Å². The molecule has 0 spiro atoms. The molecule has 0 aromatic heterocycles. The van der Waals surface area contributed by atoms with Crippen molar-refractivity contribution in [3.8, 4) is 0 Å². The van der Waals surface area contributed by atoms with E-state index in [1.807, 2.05) is 0 Å². The van der Waals surface area contributed by atoms with E-state index in [2.05, 4.69) is 4.90 Å². The number of likely N-dealkylation sites (tertiary alicyclic amines) is 1. The first kappa shape index (κ1) is 10.7. The largest absolute Gasteiger partial charge is 0.326 e. The second-order valence-corrected chi connectivity index (χ2v) is 4.01. The number of carbonyl (C=O) groups is 1. The van der Waals surface area contributed by atoms with E-state index in [0.717, 1.165) is 45.3 Å². The molecule has 0 radical (unpaired) electrons. The predicted molar refractivity (Wildman–Crippen MR) is 53.6 cm³/mol. The van der Waals surface area contributed by atoms with Crippen LogP contribution >= 0.6 is 0 Å². The summed E-state index contributed by atoms with van der Waals surface area (Å²) in [5.41, 5.74) is 5.78. The van der Waals surface area contributed by atoms with Crippen LogP contribution in [0.25, 0.3) is 0 Å². The van der Waals surface area contributed by atoms with E-state index in [9.17, 15) is 4.79 Å². The first-order valence-corrected chi connectivity index (χ1v) is 5.16. The quantitative estimate of drug-likeness (QED) is 0.642. The molecule has 0 aliphatic carbocycles. The number of hydrogen-bond donors (Lipinski definition) is 1. The van der Waals surface area contributed by atoms with E-state index in [0.29, 0.717) is 11.8 Å². The minimum Gasteiger partial charge on any atom is -0.326 e. The highest BCUT2D eigenvalue weighted by molar-refractivity contribution is 5.75. The van der Waals surface area contributed by atoms with Crippen LogP contribution in [0.1, 0.15) is 32.6 Å². The molecule has 76 valence electrons. The summed E-state index contributed by atoms with van der Waals surface area (Å²) in [5.74, 6) is 0.304. The molecule has 1 atom stereocenters. The lowest BCUT2D eigenvalue weighted by molar-refractivity contribution is -0.117. The SMILES string of the molecule is CC(=O)CCCCN1CCC(N)C1. The van der Waals surface area contributed by atoms with Gasteiger partial charge in [-0.25, -0.2) is 0 Å². The summed E-state index contributed by atoms with van der Waals surface area (Å²) in [7, 11) is 0. The zero-order chi connectivity index (χ0) is 9.68. The normalized spacial score (nSPS) is 23.7. The van der Waals surface area contributed by atoms with E-state index < -0.39 is 0 Å². The van der Waals surface area contributed by atoms with Gasteiger partial charge in [0.25, 0.3) is 0 Å². The van der Waals surface area contributed by atoms with Crippen molar-refractivity contribution in [2.75, 3.05) is 19.6 Å². The fourth-order valence-electron chi connectivity index (χ4n) is 1.78. The van der Waals surface area contributed by atoms with Crippen LogP contribution in [0.2, 0.25) is 0 Å². The maximum Gasteiger partial charge on any atom is 0.129 e. The van der Waals surface area contributed by atoms with Gasteiger partial charge >= 0.3 is 0 Å². The topological polar surface area (TPSA) is 46.3 Å². The molecule has 0 amide bonds. The summed E-state index contributed by atoms with van der Waals surface area (Å²) < 4.78 is 0. The summed E-state index contributed by atoms with van der Waals surface area (Å²) >= 11 is 0. The molecule has 1 saturated heterocycles. The highest BCUT2D eigenvalue weighted by atomic mass is 16.1. The minimum absolute atomic E-state index is 0.304. The van der Waals surface area contributed by atoms with Gasteiger partial charge in [-0.15, -0.1) is 0 Å². The van der Waals surface area contributed by atoms with Gasteiger partial charge in [-0.2, -0.15) is 0 Å². The second-order valence-electron chi connectivity index (χ2n) is 4.01. The van der Waals surface area contributed by atoms with Crippen LogP contribution in [0.5, 0.6) is 0 Å². The van der Waals surface area contributed by atoms with Crippen LogP contribution in [0.15, 0.2) is 0 Å². The number of carbonyl (C=O) groups excluding carboxylic acids is 1. The van der Waals surface area contributed by atoms with E-state index >= 15 is 0 Å². The minimum atomic E-state index is 0.304. The average Bonchev–Trinajstić information content (AvgIpc) is 2.45. The molecule has 0 aromatic rings. The lowest BCUT2D eigenvalue weighted by atomic mass is 10.2.